The molecule has 4 fully saturated rings. The number of likely N-dealkylation sites (tertiary alicyclic amines) is 1. The summed E-state index contributed by atoms with van der Waals surface area (Å²) >= 11 is 2.36. The lowest BCUT2D eigenvalue weighted by atomic mass is 9.77. The van der Waals surface area contributed by atoms with Crippen molar-refractivity contribution in [2.75, 3.05) is 19.8 Å². The van der Waals surface area contributed by atoms with E-state index in [2.05, 4.69) is 52.1 Å². The second-order valence-corrected chi connectivity index (χ2v) is 9.16. The zero-order chi connectivity index (χ0) is 15.1. The van der Waals surface area contributed by atoms with Gasteiger partial charge in [0.05, 0.1) is 19.3 Å². The van der Waals surface area contributed by atoms with Gasteiger partial charge in [-0.25, -0.2) is 0 Å². The average Bonchev–Trinajstić information content (AvgIpc) is 2.80. The highest BCUT2D eigenvalue weighted by Crippen LogP contribution is 2.69. The molecular formula is C17H24IN3O. The van der Waals surface area contributed by atoms with Crippen molar-refractivity contribution in [3.63, 3.8) is 0 Å². The van der Waals surface area contributed by atoms with Crippen LogP contribution in [0, 0.1) is 15.5 Å². The fraction of sp³-hybridized carbons (Fsp3) is 0.824. The van der Waals surface area contributed by atoms with Crippen LogP contribution >= 0.6 is 22.6 Å². The SMILES string of the molecule is CC(C)n1nc(I)cc1C1C2CC3(CCN3C3COC3)CC21. The Balaban J connectivity index is 1.33. The van der Waals surface area contributed by atoms with E-state index in [9.17, 15) is 0 Å². The van der Waals surface area contributed by atoms with Gasteiger partial charge in [-0.1, -0.05) is 0 Å². The smallest absolute Gasteiger partial charge is 0.123 e. The zero-order valence-corrected chi connectivity index (χ0v) is 15.5. The van der Waals surface area contributed by atoms with Crippen LogP contribution < -0.4 is 0 Å². The minimum Gasteiger partial charge on any atom is -0.378 e. The molecule has 0 bridgehead atoms. The van der Waals surface area contributed by atoms with E-state index < -0.39 is 0 Å². The van der Waals surface area contributed by atoms with Crippen LogP contribution in [0.4, 0.5) is 0 Å². The van der Waals surface area contributed by atoms with Gasteiger partial charge in [0.25, 0.3) is 0 Å². The molecule has 2 saturated heterocycles. The summed E-state index contributed by atoms with van der Waals surface area (Å²) in [5.74, 6) is 2.60. The third kappa shape index (κ3) is 1.85. The highest BCUT2D eigenvalue weighted by Gasteiger charge is 2.67. The third-order valence-electron chi connectivity index (χ3n) is 6.62. The summed E-state index contributed by atoms with van der Waals surface area (Å²) < 4.78 is 8.84. The number of hydrogen-bond donors (Lipinski definition) is 0. The van der Waals surface area contributed by atoms with Gasteiger partial charge in [0.15, 0.2) is 0 Å². The molecule has 2 aliphatic heterocycles. The maximum Gasteiger partial charge on any atom is 0.123 e. The maximum absolute atomic E-state index is 5.41. The molecule has 3 heterocycles. The van der Waals surface area contributed by atoms with Crippen LogP contribution in [-0.2, 0) is 4.74 Å². The largest absolute Gasteiger partial charge is 0.378 e. The van der Waals surface area contributed by atoms with Crippen LogP contribution in [0.5, 0.6) is 0 Å². The van der Waals surface area contributed by atoms with Gasteiger partial charge in [-0.2, -0.15) is 5.10 Å². The summed E-state index contributed by atoms with van der Waals surface area (Å²) in [7, 11) is 0. The molecule has 0 N–H and O–H groups in total. The van der Waals surface area contributed by atoms with E-state index in [0.29, 0.717) is 11.6 Å². The molecular weight excluding hydrogens is 389 g/mol. The van der Waals surface area contributed by atoms with Crippen LogP contribution in [0.15, 0.2) is 6.07 Å². The molecule has 2 aliphatic carbocycles. The molecule has 0 radical (unpaired) electrons. The predicted octanol–water partition coefficient (Wildman–Crippen LogP) is 3.04. The summed E-state index contributed by atoms with van der Waals surface area (Å²) in [6.45, 7) is 7.74. The normalized spacial score (nSPS) is 40.8. The maximum atomic E-state index is 5.41. The molecule has 2 saturated carbocycles. The van der Waals surface area contributed by atoms with Crippen molar-refractivity contribution < 1.29 is 4.74 Å². The van der Waals surface area contributed by atoms with Gasteiger partial charge < -0.3 is 4.74 Å². The summed E-state index contributed by atoms with van der Waals surface area (Å²) in [5, 5.41) is 4.71. The molecule has 120 valence electrons. The van der Waals surface area contributed by atoms with Crippen LogP contribution in [0.1, 0.15) is 50.8 Å². The second-order valence-electron chi connectivity index (χ2n) is 8.05. The minimum absolute atomic E-state index is 0.473. The molecule has 0 aromatic carbocycles. The van der Waals surface area contributed by atoms with Crippen molar-refractivity contribution in [1.29, 1.82) is 0 Å². The lowest BCUT2D eigenvalue weighted by molar-refractivity contribution is -0.149. The number of hydrogen-bond acceptors (Lipinski definition) is 3. The molecule has 5 heteroatoms. The second kappa shape index (κ2) is 4.70. The Labute approximate surface area is 145 Å². The van der Waals surface area contributed by atoms with Crippen LogP contribution in [0.3, 0.4) is 0 Å². The summed E-state index contributed by atoms with van der Waals surface area (Å²) in [6.07, 6.45) is 4.25. The van der Waals surface area contributed by atoms with Crippen molar-refractivity contribution in [2.24, 2.45) is 11.8 Å². The first-order valence-electron chi connectivity index (χ1n) is 8.68. The molecule has 1 aromatic heterocycles. The Kier molecular flexibility index (Phi) is 3.04. The first kappa shape index (κ1) is 14.2. The van der Waals surface area contributed by atoms with E-state index in [-0.39, 0.29) is 0 Å². The summed E-state index contributed by atoms with van der Waals surface area (Å²) in [4.78, 5) is 2.78. The summed E-state index contributed by atoms with van der Waals surface area (Å²) in [5.41, 5.74) is 2.05. The van der Waals surface area contributed by atoms with Gasteiger partial charge in [0, 0.05) is 29.7 Å². The third-order valence-corrected chi connectivity index (χ3v) is 7.14. The Morgan fingerprint density at radius 3 is 2.55 bits per heavy atom. The van der Waals surface area contributed by atoms with E-state index in [0.717, 1.165) is 40.7 Å². The molecule has 1 spiro atoms. The minimum atomic E-state index is 0.473. The Hall–Kier alpha value is -0.140. The van der Waals surface area contributed by atoms with Crippen LogP contribution in [0.2, 0.25) is 0 Å². The van der Waals surface area contributed by atoms with Gasteiger partial charge in [-0.3, -0.25) is 9.58 Å². The Morgan fingerprint density at radius 2 is 2.05 bits per heavy atom. The van der Waals surface area contributed by atoms with Gasteiger partial charge in [-0.05, 0) is 73.6 Å². The van der Waals surface area contributed by atoms with Crippen molar-refractivity contribution in [3.05, 3.63) is 15.5 Å². The fourth-order valence-electron chi connectivity index (χ4n) is 5.41. The quantitative estimate of drug-likeness (QED) is 0.714. The van der Waals surface area contributed by atoms with Crippen molar-refractivity contribution in [2.45, 2.75) is 56.7 Å². The molecule has 2 unspecified atom stereocenters. The van der Waals surface area contributed by atoms with E-state index in [1.807, 2.05) is 0 Å². The van der Waals surface area contributed by atoms with Crippen molar-refractivity contribution in [3.8, 4) is 0 Å². The molecule has 4 nitrogen and oxygen atoms in total. The van der Waals surface area contributed by atoms with Gasteiger partial charge in [0.1, 0.15) is 3.70 Å². The van der Waals surface area contributed by atoms with E-state index >= 15 is 0 Å². The number of aromatic nitrogens is 2. The fourth-order valence-corrected chi connectivity index (χ4v) is 5.96. The highest BCUT2D eigenvalue weighted by molar-refractivity contribution is 14.1. The summed E-state index contributed by atoms with van der Waals surface area (Å²) in [6, 6.07) is 3.53. The molecule has 5 rings (SSSR count). The standard InChI is InChI=1S/C17H24IN3O/c1-10(2)21-14(5-15(18)19-21)16-12-6-17(7-13(12)16)3-4-20(17)11-8-22-9-11/h5,10-13,16H,3-4,6-9H2,1-2H3. The number of halogens is 1. The van der Waals surface area contributed by atoms with E-state index in [1.54, 1.807) is 0 Å². The average molecular weight is 413 g/mol. The molecule has 1 aromatic rings. The predicted molar refractivity (Wildman–Crippen MR) is 92.9 cm³/mol. The molecule has 22 heavy (non-hydrogen) atoms. The number of ether oxygens (including phenoxy) is 1. The monoisotopic (exact) mass is 413 g/mol. The molecule has 2 atom stereocenters. The number of nitrogens with zero attached hydrogens (tertiary/aromatic N) is 3. The van der Waals surface area contributed by atoms with E-state index in [4.69, 9.17) is 9.84 Å². The van der Waals surface area contributed by atoms with Gasteiger partial charge in [0.2, 0.25) is 0 Å². The van der Waals surface area contributed by atoms with Crippen LogP contribution in [-0.4, -0.2) is 46.0 Å². The lowest BCUT2D eigenvalue weighted by Crippen LogP contribution is -2.67. The topological polar surface area (TPSA) is 30.3 Å². The number of rotatable bonds is 3. The Bertz CT molecular complexity index is 597. The number of fused-ring (bicyclic) bond motifs is 1. The van der Waals surface area contributed by atoms with Gasteiger partial charge >= 0.3 is 0 Å². The highest BCUT2D eigenvalue weighted by atomic mass is 127. The zero-order valence-electron chi connectivity index (χ0n) is 13.3. The van der Waals surface area contributed by atoms with Gasteiger partial charge in [-0.15, -0.1) is 0 Å². The first-order chi connectivity index (χ1) is 10.6. The van der Waals surface area contributed by atoms with Crippen molar-refractivity contribution in [1.82, 2.24) is 14.7 Å². The molecule has 4 aliphatic rings. The van der Waals surface area contributed by atoms with E-state index in [1.165, 1.54) is 31.5 Å². The Morgan fingerprint density at radius 1 is 1.32 bits per heavy atom. The lowest BCUT2D eigenvalue weighted by Gasteiger charge is -2.57. The first-order valence-corrected chi connectivity index (χ1v) is 9.76. The van der Waals surface area contributed by atoms with Crippen LogP contribution in [0.25, 0.3) is 0 Å². The van der Waals surface area contributed by atoms with Crippen molar-refractivity contribution >= 4 is 22.6 Å². The molecule has 0 amide bonds.